The molecule has 110 valence electrons. The van der Waals surface area contributed by atoms with Crippen LogP contribution in [0.2, 0.25) is 0 Å². The predicted octanol–water partition coefficient (Wildman–Crippen LogP) is 1.51. The molecule has 0 aromatic rings. The molecular weight excluding hydrogens is 238 g/mol. The molecule has 2 N–H and O–H groups in total. The molecule has 1 amide bonds. The van der Waals surface area contributed by atoms with Crippen LogP contribution in [0.15, 0.2) is 0 Å². The van der Waals surface area contributed by atoms with E-state index in [1.54, 1.807) is 0 Å². The van der Waals surface area contributed by atoms with Gasteiger partial charge in [-0.3, -0.25) is 9.69 Å². The Morgan fingerprint density at radius 3 is 2.74 bits per heavy atom. The molecule has 1 atom stereocenters. The molecule has 19 heavy (non-hydrogen) atoms. The minimum atomic E-state index is -0.272. The molecule has 1 unspecified atom stereocenters. The average Bonchev–Trinajstić information content (AvgIpc) is 3.14. The zero-order chi connectivity index (χ0) is 13.7. The molecule has 0 aromatic heterocycles. The summed E-state index contributed by atoms with van der Waals surface area (Å²) in [6.45, 7) is 8.22. The number of carbonyl (C=O) groups is 1. The van der Waals surface area contributed by atoms with Crippen molar-refractivity contribution in [3.8, 4) is 0 Å². The van der Waals surface area contributed by atoms with E-state index in [0.29, 0.717) is 0 Å². The molecule has 1 saturated heterocycles. The van der Waals surface area contributed by atoms with Crippen LogP contribution in [0, 0.1) is 0 Å². The third-order valence-electron chi connectivity index (χ3n) is 4.51. The van der Waals surface area contributed by atoms with Gasteiger partial charge in [-0.2, -0.15) is 0 Å². The van der Waals surface area contributed by atoms with E-state index < -0.39 is 0 Å². The van der Waals surface area contributed by atoms with Gasteiger partial charge < -0.3 is 10.6 Å². The molecule has 4 heteroatoms. The second-order valence-corrected chi connectivity index (χ2v) is 5.98. The van der Waals surface area contributed by atoms with Crippen molar-refractivity contribution in [1.29, 1.82) is 0 Å². The molecular formula is C15H29N3O. The lowest BCUT2D eigenvalue weighted by molar-refractivity contribution is -0.127. The summed E-state index contributed by atoms with van der Waals surface area (Å²) in [5.41, 5.74) is -0.272. The van der Waals surface area contributed by atoms with E-state index in [-0.39, 0.29) is 11.4 Å². The normalized spacial score (nSPS) is 26.9. The maximum Gasteiger partial charge on any atom is 0.240 e. The molecule has 2 aliphatic rings. The summed E-state index contributed by atoms with van der Waals surface area (Å²) in [4.78, 5) is 14.9. The summed E-state index contributed by atoms with van der Waals surface area (Å²) < 4.78 is 0. The summed E-state index contributed by atoms with van der Waals surface area (Å²) >= 11 is 0. The minimum absolute atomic E-state index is 0.221. The van der Waals surface area contributed by atoms with E-state index in [1.165, 1.54) is 12.8 Å². The number of likely N-dealkylation sites (N-methyl/N-ethyl adjacent to an activating group) is 1. The fraction of sp³-hybridized carbons (Fsp3) is 0.933. The van der Waals surface area contributed by atoms with Gasteiger partial charge in [0.15, 0.2) is 0 Å². The Balaban J connectivity index is 1.75. The number of hydrogen-bond acceptors (Lipinski definition) is 3. The monoisotopic (exact) mass is 267 g/mol. The Morgan fingerprint density at radius 2 is 2.21 bits per heavy atom. The van der Waals surface area contributed by atoms with E-state index in [0.717, 1.165) is 57.9 Å². The van der Waals surface area contributed by atoms with Crippen molar-refractivity contribution in [2.45, 2.75) is 64.0 Å². The van der Waals surface area contributed by atoms with Crippen LogP contribution in [0.3, 0.4) is 0 Å². The van der Waals surface area contributed by atoms with Gasteiger partial charge in [0.05, 0.1) is 5.54 Å². The highest BCUT2D eigenvalue weighted by Gasteiger charge is 2.39. The Labute approximate surface area is 117 Å². The first-order chi connectivity index (χ1) is 9.22. The number of rotatable bonds is 8. The Kier molecular flexibility index (Phi) is 5.22. The molecule has 1 saturated carbocycles. The maximum atomic E-state index is 12.4. The standard InChI is InChI=1S/C15H29N3O/c1-3-8-15(9-5-10-17-15)14(19)16-11-12-18(4-2)13-6-7-13/h13,17H,3-12H2,1-2H3,(H,16,19). The highest BCUT2D eigenvalue weighted by molar-refractivity contribution is 5.86. The summed E-state index contributed by atoms with van der Waals surface area (Å²) in [7, 11) is 0. The number of nitrogens with zero attached hydrogens (tertiary/aromatic N) is 1. The first kappa shape index (κ1) is 14.8. The first-order valence-electron chi connectivity index (χ1n) is 7.99. The van der Waals surface area contributed by atoms with Gasteiger partial charge in [0, 0.05) is 19.1 Å². The summed E-state index contributed by atoms with van der Waals surface area (Å²) in [6.07, 6.45) is 6.80. The van der Waals surface area contributed by atoms with Gasteiger partial charge >= 0.3 is 0 Å². The quantitative estimate of drug-likeness (QED) is 0.700. The van der Waals surface area contributed by atoms with Crippen LogP contribution in [0.1, 0.15) is 52.4 Å². The van der Waals surface area contributed by atoms with E-state index in [2.05, 4.69) is 29.4 Å². The number of hydrogen-bond donors (Lipinski definition) is 2. The van der Waals surface area contributed by atoms with Crippen molar-refractivity contribution in [2.24, 2.45) is 0 Å². The lowest BCUT2D eigenvalue weighted by Crippen LogP contribution is -2.54. The van der Waals surface area contributed by atoms with Gasteiger partial charge in [0.1, 0.15) is 0 Å². The highest BCUT2D eigenvalue weighted by atomic mass is 16.2. The minimum Gasteiger partial charge on any atom is -0.353 e. The molecule has 1 aliphatic carbocycles. The van der Waals surface area contributed by atoms with Crippen LogP contribution in [0.5, 0.6) is 0 Å². The van der Waals surface area contributed by atoms with Crippen LogP contribution in [0.4, 0.5) is 0 Å². The molecule has 2 fully saturated rings. The molecule has 0 bridgehead atoms. The Bertz CT molecular complexity index is 296. The van der Waals surface area contributed by atoms with E-state index in [1.807, 2.05) is 0 Å². The third-order valence-corrected chi connectivity index (χ3v) is 4.51. The summed E-state index contributed by atoms with van der Waals surface area (Å²) in [5.74, 6) is 0.221. The molecule has 0 aromatic carbocycles. The second kappa shape index (κ2) is 6.71. The highest BCUT2D eigenvalue weighted by Crippen LogP contribution is 2.26. The topological polar surface area (TPSA) is 44.4 Å². The van der Waals surface area contributed by atoms with Gasteiger partial charge in [0.25, 0.3) is 0 Å². The van der Waals surface area contributed by atoms with Crippen LogP contribution in [-0.4, -0.2) is 48.6 Å². The van der Waals surface area contributed by atoms with Crippen molar-refractivity contribution in [1.82, 2.24) is 15.5 Å². The predicted molar refractivity (Wildman–Crippen MR) is 78.2 cm³/mol. The van der Waals surface area contributed by atoms with Crippen molar-refractivity contribution in [2.75, 3.05) is 26.2 Å². The van der Waals surface area contributed by atoms with E-state index in [9.17, 15) is 4.79 Å². The van der Waals surface area contributed by atoms with E-state index in [4.69, 9.17) is 0 Å². The second-order valence-electron chi connectivity index (χ2n) is 5.98. The molecule has 0 radical (unpaired) electrons. The van der Waals surface area contributed by atoms with E-state index >= 15 is 0 Å². The summed E-state index contributed by atoms with van der Waals surface area (Å²) in [6, 6.07) is 0.788. The van der Waals surface area contributed by atoms with Crippen molar-refractivity contribution < 1.29 is 4.79 Å². The van der Waals surface area contributed by atoms with Crippen molar-refractivity contribution in [3.63, 3.8) is 0 Å². The van der Waals surface area contributed by atoms with Crippen LogP contribution >= 0.6 is 0 Å². The lowest BCUT2D eigenvalue weighted by atomic mass is 9.91. The fourth-order valence-corrected chi connectivity index (χ4v) is 3.27. The number of carbonyl (C=O) groups excluding carboxylic acids is 1. The van der Waals surface area contributed by atoms with Gasteiger partial charge in [0.2, 0.25) is 5.91 Å². The fourth-order valence-electron chi connectivity index (χ4n) is 3.27. The lowest BCUT2D eigenvalue weighted by Gasteiger charge is -2.28. The average molecular weight is 267 g/mol. The number of amides is 1. The molecule has 2 rings (SSSR count). The smallest absolute Gasteiger partial charge is 0.240 e. The zero-order valence-corrected chi connectivity index (χ0v) is 12.5. The van der Waals surface area contributed by atoms with Crippen LogP contribution < -0.4 is 10.6 Å². The molecule has 0 spiro atoms. The van der Waals surface area contributed by atoms with Crippen molar-refractivity contribution in [3.05, 3.63) is 0 Å². The van der Waals surface area contributed by atoms with Gasteiger partial charge in [-0.05, 0) is 45.2 Å². The Morgan fingerprint density at radius 1 is 1.42 bits per heavy atom. The van der Waals surface area contributed by atoms with Crippen molar-refractivity contribution >= 4 is 5.91 Å². The van der Waals surface area contributed by atoms with Crippen LogP contribution in [0.25, 0.3) is 0 Å². The molecule has 1 aliphatic heterocycles. The maximum absolute atomic E-state index is 12.4. The van der Waals surface area contributed by atoms with Gasteiger partial charge in [-0.25, -0.2) is 0 Å². The van der Waals surface area contributed by atoms with Crippen LogP contribution in [-0.2, 0) is 4.79 Å². The third kappa shape index (κ3) is 3.69. The largest absolute Gasteiger partial charge is 0.353 e. The SMILES string of the molecule is CCCC1(C(=O)NCCN(CC)C2CC2)CCCN1. The summed E-state index contributed by atoms with van der Waals surface area (Å²) in [5, 5.41) is 6.59. The molecule has 1 heterocycles. The Hall–Kier alpha value is -0.610. The number of nitrogens with one attached hydrogen (secondary N) is 2. The zero-order valence-electron chi connectivity index (χ0n) is 12.5. The van der Waals surface area contributed by atoms with Gasteiger partial charge in [-0.15, -0.1) is 0 Å². The van der Waals surface area contributed by atoms with Gasteiger partial charge in [-0.1, -0.05) is 20.3 Å². The first-order valence-corrected chi connectivity index (χ1v) is 7.99. The molecule has 4 nitrogen and oxygen atoms in total.